The molecule has 5 fully saturated rings. The van der Waals surface area contributed by atoms with Crippen LogP contribution < -0.4 is 45.7 Å². The molecule has 80 heavy (non-hydrogen) atoms. The van der Waals surface area contributed by atoms with Gasteiger partial charge in [0, 0.05) is 24.8 Å². The molecule has 5 aliphatic rings. The van der Waals surface area contributed by atoms with Crippen LogP contribution in [-0.4, -0.2) is 178 Å². The largest absolute Gasteiger partial charge is 0.472 e. The van der Waals surface area contributed by atoms with Gasteiger partial charge >= 0.3 is 54.0 Å². The van der Waals surface area contributed by atoms with E-state index in [1.807, 2.05) is 0 Å². The summed E-state index contributed by atoms with van der Waals surface area (Å²) in [6.07, 6.45) is -29.8. The van der Waals surface area contributed by atoms with Crippen LogP contribution in [0.15, 0.2) is 68.2 Å². The number of phosphoric ester groups is 4. The van der Waals surface area contributed by atoms with Gasteiger partial charge in [0.25, 0.3) is 0 Å². The number of hydrogen-bond acceptors (Lipinski definition) is 32. The van der Waals surface area contributed by atoms with Crippen molar-refractivity contribution in [3.8, 4) is 0 Å². The quantitative estimate of drug-likeness (QED) is 0.0848. The molecule has 16 N–H and O–H groups in total. The summed E-state index contributed by atoms with van der Waals surface area (Å²) in [4.78, 5) is 110. The maximum Gasteiger partial charge on any atom is 0.472 e. The lowest BCUT2D eigenvalue weighted by Gasteiger charge is -2.27. The molecule has 9 rings (SSSR count). The van der Waals surface area contributed by atoms with Crippen LogP contribution in [0.2, 0.25) is 0 Å². The Hall–Kier alpha value is -5.16. The molecular formula is C36H48N12O28P4. The highest BCUT2D eigenvalue weighted by molar-refractivity contribution is 7.48. The first-order chi connectivity index (χ1) is 37.5. The Balaban J connectivity index is 1.07. The van der Waals surface area contributed by atoms with Crippen LogP contribution in [0.5, 0.6) is 0 Å². The Morgan fingerprint density at radius 1 is 0.388 bits per heavy atom. The van der Waals surface area contributed by atoms with Crippen LogP contribution in [0.4, 0.5) is 23.3 Å². The number of aromatic nitrogens is 8. The van der Waals surface area contributed by atoms with Crippen molar-refractivity contribution < 1.29 is 113 Å². The monoisotopic (exact) mass is 1220 g/mol. The highest BCUT2D eigenvalue weighted by Gasteiger charge is 2.56. The SMILES string of the molecule is Nc1ccn([C@@H]2O[C@@H]3COP(=O)(O)O[C@H]4[C@@H](O)[C@H](n5ccc(N)nc5=O)O[C@@H]4COP(=O)(O)O[C@H]4[C@@H](O)[C@H](n5ccc(N)nc5=O)O[C@@H]4COP(=O)(O)O[C@H]4[C@@H](O)[C@H](n5ccc(N)nc5=O)O[C@@H]4COP(=O)(O)O[C@H]3[C@H]2O)c(=O)n1. The van der Waals surface area contributed by atoms with E-state index in [9.17, 15) is 77.4 Å². The highest BCUT2D eigenvalue weighted by Crippen LogP contribution is 2.55. The molecule has 5 saturated heterocycles. The average Bonchev–Trinajstić information content (AvgIpc) is 4.04. The Morgan fingerprint density at radius 2 is 0.575 bits per heavy atom. The number of nitrogen functional groups attached to an aromatic ring is 4. The number of fused-ring (bicyclic) bond motifs is 4. The van der Waals surface area contributed by atoms with Crippen molar-refractivity contribution in [2.45, 2.75) is 98.2 Å². The second kappa shape index (κ2) is 22.9. The van der Waals surface area contributed by atoms with Gasteiger partial charge in [-0.05, 0) is 24.3 Å². The third-order valence-corrected chi connectivity index (χ3v) is 16.3. The number of phosphoric acid groups is 4. The number of rotatable bonds is 4. The van der Waals surface area contributed by atoms with Gasteiger partial charge in [0.1, 0.15) is 96.5 Å². The molecule has 0 amide bonds. The fourth-order valence-corrected chi connectivity index (χ4v) is 12.6. The number of anilines is 4. The molecule has 40 nitrogen and oxygen atoms in total. The van der Waals surface area contributed by atoms with E-state index in [4.69, 9.17) is 78.1 Å². The smallest absolute Gasteiger partial charge is 0.386 e. The van der Waals surface area contributed by atoms with E-state index >= 15 is 0 Å². The molecule has 0 spiro atoms. The summed E-state index contributed by atoms with van der Waals surface area (Å²) in [5.74, 6) is -1.21. The Kier molecular flexibility index (Phi) is 17.0. The predicted molar refractivity (Wildman–Crippen MR) is 254 cm³/mol. The number of nitrogens with zero attached hydrogens (tertiary/aromatic N) is 8. The lowest BCUT2D eigenvalue weighted by molar-refractivity contribution is -0.0683. The zero-order chi connectivity index (χ0) is 58.0. The summed E-state index contributed by atoms with van der Waals surface area (Å²) in [7, 11) is -23.0. The van der Waals surface area contributed by atoms with E-state index in [0.717, 1.165) is 49.1 Å². The first kappa shape index (κ1) is 59.5. The van der Waals surface area contributed by atoms with E-state index in [0.29, 0.717) is 18.3 Å². The molecule has 0 saturated carbocycles. The minimum absolute atomic E-state index is 0.303. The first-order valence-electron chi connectivity index (χ1n) is 22.8. The van der Waals surface area contributed by atoms with E-state index in [2.05, 4.69) is 19.9 Å². The van der Waals surface area contributed by atoms with Gasteiger partial charge in [0.05, 0.1) is 26.4 Å². The van der Waals surface area contributed by atoms with Crippen molar-refractivity contribution in [1.82, 2.24) is 38.2 Å². The molecule has 20 atom stereocenters. The maximum atomic E-state index is 13.9. The predicted octanol–water partition coefficient (Wildman–Crippen LogP) is -5.60. The summed E-state index contributed by atoms with van der Waals surface area (Å²) in [5, 5.41) is 46.1. The summed E-state index contributed by atoms with van der Waals surface area (Å²) < 4.78 is 123. The highest BCUT2D eigenvalue weighted by atomic mass is 31.2. The fourth-order valence-electron chi connectivity index (χ4n) is 8.74. The third kappa shape index (κ3) is 12.9. The summed E-state index contributed by atoms with van der Waals surface area (Å²) in [5.41, 5.74) is 17.7. The van der Waals surface area contributed by atoms with Gasteiger partial charge in [-0.25, -0.2) is 37.4 Å². The summed E-state index contributed by atoms with van der Waals surface area (Å²) >= 11 is 0. The first-order valence-corrected chi connectivity index (χ1v) is 28.8. The Labute approximate surface area is 443 Å². The van der Waals surface area contributed by atoms with Crippen LogP contribution in [0, 0.1) is 0 Å². The molecule has 0 bridgehead atoms. The van der Waals surface area contributed by atoms with E-state index in [1.165, 1.54) is 0 Å². The molecule has 440 valence electrons. The van der Waals surface area contributed by atoms with Crippen molar-refractivity contribution in [3.63, 3.8) is 0 Å². The van der Waals surface area contributed by atoms with Crippen LogP contribution in [0.25, 0.3) is 0 Å². The van der Waals surface area contributed by atoms with Gasteiger partial charge in [-0.1, -0.05) is 0 Å². The van der Waals surface area contributed by atoms with Crippen molar-refractivity contribution in [1.29, 1.82) is 0 Å². The number of aliphatic hydroxyl groups excluding tert-OH is 4. The molecule has 9 heterocycles. The van der Waals surface area contributed by atoms with Crippen molar-refractivity contribution in [2.75, 3.05) is 49.4 Å². The molecular weight excluding hydrogens is 1170 g/mol. The molecule has 44 heteroatoms. The summed E-state index contributed by atoms with van der Waals surface area (Å²) in [6, 6.07) is 4.30. The lowest BCUT2D eigenvalue weighted by atomic mass is 10.1. The van der Waals surface area contributed by atoms with Gasteiger partial charge in [0.15, 0.2) is 24.9 Å². The van der Waals surface area contributed by atoms with Crippen molar-refractivity contribution in [3.05, 3.63) is 91.0 Å². The third-order valence-electron chi connectivity index (χ3n) is 12.4. The van der Waals surface area contributed by atoms with Gasteiger partial charge < -0.3 is 81.9 Å². The van der Waals surface area contributed by atoms with Crippen LogP contribution >= 0.6 is 31.3 Å². The van der Waals surface area contributed by atoms with E-state index < -0.39 is 179 Å². The maximum absolute atomic E-state index is 13.9. The zero-order valence-corrected chi connectivity index (χ0v) is 43.7. The average molecular weight is 1220 g/mol. The van der Waals surface area contributed by atoms with E-state index in [1.54, 1.807) is 0 Å². The standard InChI is InChI=1S/C36H48N12O28P4/c37-17-1-5-45(33(53)41-17)29-21(49)25-13(69-29)9-65-78(59,60)74-26-15(71-30(22(26)50)46-6-2-18(38)42-34(46)54)11-67-80(63,64)76-28-16(72-32(24(28)52)48-8-4-20(40)44-36(48)56)12-68-79(61,62)75-27-14(10-66-77(57,58)73-25)70-31(23(27)51)47-7-3-19(39)43-35(47)55/h1-8,13-16,21-32,49-52H,9-12H2,(H,57,58)(H,59,60)(H,61,62)(H,63,64)(H2,37,41,53)(H2,38,42,54)(H2,39,43,55)(H2,40,44,56)/t13-,14-,15-,16-,21-,22-,23-,24-,25-,26-,27-,28-,29-,30-,31-,32-/m1/s1. The molecule has 0 radical (unpaired) electrons. The van der Waals surface area contributed by atoms with Gasteiger partial charge in [0.2, 0.25) is 0 Å². The van der Waals surface area contributed by atoms with Crippen molar-refractivity contribution in [2.24, 2.45) is 0 Å². The van der Waals surface area contributed by atoms with Gasteiger partial charge in [-0.3, -0.25) is 54.5 Å². The molecule has 4 aromatic rings. The number of ether oxygens (including phenoxy) is 4. The molecule has 0 aliphatic carbocycles. The van der Waals surface area contributed by atoms with E-state index in [-0.39, 0.29) is 23.3 Å². The fraction of sp³-hybridized carbons (Fsp3) is 0.556. The Bertz CT molecular complexity index is 2970. The molecule has 4 unspecified atom stereocenters. The van der Waals surface area contributed by atoms with Crippen LogP contribution in [0.1, 0.15) is 24.9 Å². The second-order valence-electron chi connectivity index (χ2n) is 17.7. The number of aliphatic hydroxyl groups is 4. The number of nitrogens with two attached hydrogens (primary N) is 4. The topological polar surface area (TPSA) is 585 Å². The minimum Gasteiger partial charge on any atom is -0.386 e. The normalized spacial score (nSPS) is 40.5. The van der Waals surface area contributed by atoms with Gasteiger partial charge in [-0.2, -0.15) is 19.9 Å². The van der Waals surface area contributed by atoms with Gasteiger partial charge in [-0.15, -0.1) is 0 Å². The second-order valence-corrected chi connectivity index (χ2v) is 23.4. The van der Waals surface area contributed by atoms with Crippen LogP contribution in [0.3, 0.4) is 0 Å². The lowest BCUT2D eigenvalue weighted by Crippen LogP contribution is -2.40. The molecule has 4 aromatic heterocycles. The Morgan fingerprint density at radius 3 is 0.750 bits per heavy atom. The van der Waals surface area contributed by atoms with Crippen LogP contribution in [-0.2, 0) is 73.4 Å². The molecule has 0 aromatic carbocycles. The van der Waals surface area contributed by atoms with Crippen molar-refractivity contribution >= 4 is 54.6 Å². The number of hydrogen-bond donors (Lipinski definition) is 12. The minimum atomic E-state index is -5.75. The zero-order valence-electron chi connectivity index (χ0n) is 40.1. The molecule has 5 aliphatic heterocycles. The summed E-state index contributed by atoms with van der Waals surface area (Å²) in [6.45, 7) is -5.24.